The molecule has 0 radical (unpaired) electrons. The van der Waals surface area contributed by atoms with Crippen molar-refractivity contribution in [1.82, 2.24) is 0 Å². The molecule has 0 saturated heterocycles. The molecule has 2 atom stereocenters. The first-order valence-electron chi connectivity index (χ1n) is 7.46. The van der Waals surface area contributed by atoms with Gasteiger partial charge in [0.1, 0.15) is 11.8 Å². The second kappa shape index (κ2) is 7.72. The third-order valence-corrected chi connectivity index (χ3v) is 3.73. The molecule has 1 aromatic carbocycles. The van der Waals surface area contributed by atoms with E-state index in [1.807, 2.05) is 31.2 Å². The zero-order valence-electron chi connectivity index (χ0n) is 12.7. The summed E-state index contributed by atoms with van der Waals surface area (Å²) in [5.41, 5.74) is 0.906. The maximum atomic E-state index is 12.2. The van der Waals surface area contributed by atoms with Crippen LogP contribution in [0.15, 0.2) is 36.4 Å². The highest BCUT2D eigenvalue weighted by Crippen LogP contribution is 2.26. The van der Waals surface area contributed by atoms with Gasteiger partial charge in [-0.05, 0) is 56.4 Å². The number of hydrogen-bond acceptors (Lipinski definition) is 4. The van der Waals surface area contributed by atoms with Gasteiger partial charge in [0.15, 0.2) is 0 Å². The van der Waals surface area contributed by atoms with Crippen LogP contribution in [0.2, 0.25) is 0 Å². The summed E-state index contributed by atoms with van der Waals surface area (Å²) in [4.78, 5) is 12.2. The SMILES string of the molecule is CCOC(=O)C(Nc1ccc(OC)cc1)C1CC=CCC1. The van der Waals surface area contributed by atoms with E-state index in [9.17, 15) is 4.79 Å². The number of carbonyl (C=O) groups excluding carboxylic acids is 1. The van der Waals surface area contributed by atoms with E-state index < -0.39 is 0 Å². The van der Waals surface area contributed by atoms with Crippen LogP contribution in [0.3, 0.4) is 0 Å². The fraction of sp³-hybridized carbons (Fsp3) is 0.471. The highest BCUT2D eigenvalue weighted by molar-refractivity contribution is 5.79. The van der Waals surface area contributed by atoms with Crippen LogP contribution in [0, 0.1) is 5.92 Å². The van der Waals surface area contributed by atoms with E-state index in [1.165, 1.54) is 0 Å². The average molecular weight is 289 g/mol. The minimum Gasteiger partial charge on any atom is -0.497 e. The van der Waals surface area contributed by atoms with Crippen molar-refractivity contribution in [2.45, 2.75) is 32.2 Å². The Bertz CT molecular complexity index is 481. The van der Waals surface area contributed by atoms with Gasteiger partial charge in [0.05, 0.1) is 13.7 Å². The molecule has 0 saturated carbocycles. The van der Waals surface area contributed by atoms with Gasteiger partial charge < -0.3 is 14.8 Å². The molecule has 2 unspecified atom stereocenters. The number of ether oxygens (including phenoxy) is 2. The molecular formula is C17H23NO3. The van der Waals surface area contributed by atoms with Gasteiger partial charge in [-0.1, -0.05) is 12.2 Å². The van der Waals surface area contributed by atoms with Crippen molar-refractivity contribution in [1.29, 1.82) is 0 Å². The molecule has 0 spiro atoms. The van der Waals surface area contributed by atoms with Gasteiger partial charge in [-0.3, -0.25) is 0 Å². The van der Waals surface area contributed by atoms with Crippen LogP contribution in [0.25, 0.3) is 0 Å². The van der Waals surface area contributed by atoms with E-state index in [1.54, 1.807) is 7.11 Å². The first kappa shape index (κ1) is 15.4. The molecule has 2 rings (SSSR count). The molecule has 1 aliphatic carbocycles. The molecule has 0 aliphatic heterocycles. The monoisotopic (exact) mass is 289 g/mol. The lowest BCUT2D eigenvalue weighted by atomic mass is 9.87. The largest absolute Gasteiger partial charge is 0.497 e. The molecule has 4 heteroatoms. The number of esters is 1. The normalized spacial score (nSPS) is 18.9. The molecule has 0 fully saturated rings. The third-order valence-electron chi connectivity index (χ3n) is 3.73. The summed E-state index contributed by atoms with van der Waals surface area (Å²) >= 11 is 0. The predicted molar refractivity (Wildman–Crippen MR) is 83.5 cm³/mol. The third kappa shape index (κ3) is 4.25. The smallest absolute Gasteiger partial charge is 0.328 e. The fourth-order valence-electron chi connectivity index (χ4n) is 2.59. The predicted octanol–water partition coefficient (Wildman–Crippen LogP) is 3.40. The van der Waals surface area contributed by atoms with Crippen LogP contribution in [0.4, 0.5) is 5.69 Å². The number of rotatable bonds is 6. The second-order valence-corrected chi connectivity index (χ2v) is 5.15. The molecule has 0 bridgehead atoms. The van der Waals surface area contributed by atoms with Gasteiger partial charge in [-0.25, -0.2) is 4.79 Å². The number of carbonyl (C=O) groups is 1. The summed E-state index contributed by atoms with van der Waals surface area (Å²) in [5.74, 6) is 0.901. The lowest BCUT2D eigenvalue weighted by molar-refractivity contribution is -0.145. The van der Waals surface area contributed by atoms with Crippen molar-refractivity contribution >= 4 is 11.7 Å². The molecule has 114 valence electrons. The van der Waals surface area contributed by atoms with Crippen LogP contribution in [-0.2, 0) is 9.53 Å². The first-order valence-corrected chi connectivity index (χ1v) is 7.46. The number of nitrogens with one attached hydrogen (secondary N) is 1. The summed E-state index contributed by atoms with van der Waals surface area (Å²) in [6.07, 6.45) is 7.25. The van der Waals surface area contributed by atoms with E-state index in [-0.39, 0.29) is 17.9 Å². The Balaban J connectivity index is 2.10. The Hall–Kier alpha value is -1.97. The topological polar surface area (TPSA) is 47.6 Å². The van der Waals surface area contributed by atoms with Gasteiger partial charge in [-0.15, -0.1) is 0 Å². The second-order valence-electron chi connectivity index (χ2n) is 5.15. The Morgan fingerprint density at radius 1 is 1.33 bits per heavy atom. The zero-order valence-corrected chi connectivity index (χ0v) is 12.7. The minimum absolute atomic E-state index is 0.173. The van der Waals surface area contributed by atoms with Crippen molar-refractivity contribution < 1.29 is 14.3 Å². The van der Waals surface area contributed by atoms with Crippen molar-refractivity contribution in [3.8, 4) is 5.75 Å². The Morgan fingerprint density at radius 3 is 2.67 bits per heavy atom. The summed E-state index contributed by atoms with van der Waals surface area (Å²) in [7, 11) is 1.64. The molecule has 4 nitrogen and oxygen atoms in total. The lowest BCUT2D eigenvalue weighted by Crippen LogP contribution is -2.38. The number of allylic oxidation sites excluding steroid dienone is 2. The average Bonchev–Trinajstić information content (AvgIpc) is 2.54. The van der Waals surface area contributed by atoms with Gasteiger partial charge in [0, 0.05) is 5.69 Å². The minimum atomic E-state index is -0.303. The number of anilines is 1. The molecule has 21 heavy (non-hydrogen) atoms. The van der Waals surface area contributed by atoms with Crippen LogP contribution >= 0.6 is 0 Å². The van der Waals surface area contributed by atoms with Crippen LogP contribution in [0.1, 0.15) is 26.2 Å². The van der Waals surface area contributed by atoms with Crippen molar-refractivity contribution in [2.75, 3.05) is 19.0 Å². The summed E-state index contributed by atoms with van der Waals surface area (Å²) in [5, 5.41) is 3.32. The van der Waals surface area contributed by atoms with Crippen LogP contribution in [-0.4, -0.2) is 25.7 Å². The van der Waals surface area contributed by atoms with Crippen molar-refractivity contribution in [2.24, 2.45) is 5.92 Å². The summed E-state index contributed by atoms with van der Waals surface area (Å²) in [6.45, 7) is 2.24. The molecule has 1 N–H and O–H groups in total. The van der Waals surface area contributed by atoms with E-state index >= 15 is 0 Å². The number of methoxy groups -OCH3 is 1. The Labute approximate surface area is 126 Å². The summed E-state index contributed by atoms with van der Waals surface area (Å²) < 4.78 is 10.4. The lowest BCUT2D eigenvalue weighted by Gasteiger charge is -2.28. The molecular weight excluding hydrogens is 266 g/mol. The fourth-order valence-corrected chi connectivity index (χ4v) is 2.59. The molecule has 0 amide bonds. The Morgan fingerprint density at radius 2 is 2.10 bits per heavy atom. The van der Waals surface area contributed by atoms with Gasteiger partial charge >= 0.3 is 5.97 Å². The number of benzene rings is 1. The molecule has 0 aromatic heterocycles. The van der Waals surface area contributed by atoms with Gasteiger partial charge in [-0.2, -0.15) is 0 Å². The maximum Gasteiger partial charge on any atom is 0.328 e. The highest BCUT2D eigenvalue weighted by atomic mass is 16.5. The first-order chi connectivity index (χ1) is 10.2. The standard InChI is InChI=1S/C17H23NO3/c1-3-21-17(19)16(13-7-5-4-6-8-13)18-14-9-11-15(20-2)12-10-14/h4-5,9-13,16,18H,3,6-8H2,1-2H3. The van der Waals surface area contributed by atoms with Crippen molar-refractivity contribution in [3.05, 3.63) is 36.4 Å². The quantitative estimate of drug-likeness (QED) is 0.644. The van der Waals surface area contributed by atoms with E-state index in [4.69, 9.17) is 9.47 Å². The van der Waals surface area contributed by atoms with Crippen LogP contribution in [0.5, 0.6) is 5.75 Å². The highest BCUT2D eigenvalue weighted by Gasteiger charge is 2.29. The summed E-state index contributed by atoms with van der Waals surface area (Å²) in [6, 6.07) is 7.30. The van der Waals surface area contributed by atoms with Gasteiger partial charge in [0.2, 0.25) is 0 Å². The van der Waals surface area contributed by atoms with E-state index in [2.05, 4.69) is 17.5 Å². The molecule has 1 aromatic rings. The van der Waals surface area contributed by atoms with Crippen LogP contribution < -0.4 is 10.1 Å². The number of hydrogen-bond donors (Lipinski definition) is 1. The van der Waals surface area contributed by atoms with E-state index in [0.717, 1.165) is 30.7 Å². The van der Waals surface area contributed by atoms with E-state index in [0.29, 0.717) is 6.61 Å². The maximum absolute atomic E-state index is 12.2. The molecule has 1 aliphatic rings. The van der Waals surface area contributed by atoms with Gasteiger partial charge in [0.25, 0.3) is 0 Å². The molecule has 0 heterocycles. The Kier molecular flexibility index (Phi) is 5.67. The zero-order chi connectivity index (χ0) is 15.1. The van der Waals surface area contributed by atoms with Crippen molar-refractivity contribution in [3.63, 3.8) is 0 Å².